The maximum atomic E-state index is 5.61. The second-order valence-corrected chi connectivity index (χ2v) is 4.02. The van der Waals surface area contributed by atoms with Crippen molar-refractivity contribution in [3.8, 4) is 0 Å². The number of rotatable bonds is 10. The molecular formula is C12H27NO2. The smallest absolute Gasteiger partial charge is 0.0623 e. The van der Waals surface area contributed by atoms with Crippen LogP contribution in [0.1, 0.15) is 40.5 Å². The zero-order chi connectivity index (χ0) is 11.5. The van der Waals surface area contributed by atoms with E-state index >= 15 is 0 Å². The fourth-order valence-corrected chi connectivity index (χ4v) is 1.27. The van der Waals surface area contributed by atoms with E-state index in [-0.39, 0.29) is 0 Å². The molecule has 3 heteroatoms. The van der Waals surface area contributed by atoms with Crippen LogP contribution in [0.25, 0.3) is 0 Å². The van der Waals surface area contributed by atoms with Gasteiger partial charge < -0.3 is 14.8 Å². The summed E-state index contributed by atoms with van der Waals surface area (Å²) < 4.78 is 11.0. The van der Waals surface area contributed by atoms with Crippen molar-refractivity contribution < 1.29 is 9.47 Å². The molecule has 0 spiro atoms. The molecule has 0 rings (SSSR count). The van der Waals surface area contributed by atoms with Crippen molar-refractivity contribution in [1.82, 2.24) is 5.32 Å². The first-order chi connectivity index (χ1) is 7.20. The number of hydrogen-bond acceptors (Lipinski definition) is 3. The zero-order valence-corrected chi connectivity index (χ0v) is 10.7. The predicted molar refractivity (Wildman–Crippen MR) is 64.3 cm³/mol. The lowest BCUT2D eigenvalue weighted by molar-refractivity contribution is 0.0496. The normalized spacial score (nSPS) is 13.4. The minimum Gasteiger partial charge on any atom is -0.382 e. The van der Waals surface area contributed by atoms with Gasteiger partial charge in [-0.2, -0.15) is 0 Å². The third-order valence-corrected chi connectivity index (χ3v) is 2.13. The molecular weight excluding hydrogens is 190 g/mol. The van der Waals surface area contributed by atoms with E-state index in [2.05, 4.69) is 26.1 Å². The summed E-state index contributed by atoms with van der Waals surface area (Å²) in [6, 6.07) is 0.430. The van der Waals surface area contributed by atoms with Gasteiger partial charge in [0.1, 0.15) is 0 Å². The second-order valence-electron chi connectivity index (χ2n) is 4.02. The molecule has 0 fully saturated rings. The van der Waals surface area contributed by atoms with Gasteiger partial charge in [-0.15, -0.1) is 0 Å². The lowest BCUT2D eigenvalue weighted by Crippen LogP contribution is -2.36. The van der Waals surface area contributed by atoms with Gasteiger partial charge in [-0.05, 0) is 40.2 Å². The second kappa shape index (κ2) is 10.4. The zero-order valence-electron chi connectivity index (χ0n) is 10.7. The molecule has 0 aliphatic heterocycles. The molecule has 0 bridgehead atoms. The lowest BCUT2D eigenvalue weighted by atomic mass is 10.2. The van der Waals surface area contributed by atoms with Crippen molar-refractivity contribution in [1.29, 1.82) is 0 Å². The molecule has 0 aromatic heterocycles. The van der Waals surface area contributed by atoms with Crippen molar-refractivity contribution in [3.05, 3.63) is 0 Å². The Kier molecular flexibility index (Phi) is 10.3. The first-order valence-corrected chi connectivity index (χ1v) is 6.13. The van der Waals surface area contributed by atoms with Crippen LogP contribution < -0.4 is 5.32 Å². The van der Waals surface area contributed by atoms with Gasteiger partial charge >= 0.3 is 0 Å². The van der Waals surface area contributed by atoms with Crippen LogP contribution in [0.4, 0.5) is 0 Å². The largest absolute Gasteiger partial charge is 0.382 e. The number of hydrogen-bond donors (Lipinski definition) is 1. The molecule has 0 heterocycles. The predicted octanol–water partition coefficient (Wildman–Crippen LogP) is 2.21. The first kappa shape index (κ1) is 14.9. The molecule has 92 valence electrons. The van der Waals surface area contributed by atoms with E-state index < -0.39 is 0 Å². The molecule has 0 amide bonds. The Morgan fingerprint density at radius 3 is 2.47 bits per heavy atom. The van der Waals surface area contributed by atoms with Gasteiger partial charge in [0.25, 0.3) is 0 Å². The van der Waals surface area contributed by atoms with Crippen LogP contribution in [0.15, 0.2) is 0 Å². The third kappa shape index (κ3) is 10.2. The van der Waals surface area contributed by atoms with E-state index in [0.717, 1.165) is 39.2 Å². The van der Waals surface area contributed by atoms with Crippen LogP contribution in [0, 0.1) is 0 Å². The molecule has 1 unspecified atom stereocenters. The van der Waals surface area contributed by atoms with Gasteiger partial charge in [0, 0.05) is 19.3 Å². The monoisotopic (exact) mass is 217 g/mol. The maximum Gasteiger partial charge on any atom is 0.0623 e. The maximum absolute atomic E-state index is 5.61. The Hall–Kier alpha value is -0.120. The van der Waals surface area contributed by atoms with Gasteiger partial charge in [0.15, 0.2) is 0 Å². The molecule has 0 aliphatic rings. The van der Waals surface area contributed by atoms with Crippen molar-refractivity contribution in [3.63, 3.8) is 0 Å². The van der Waals surface area contributed by atoms with E-state index in [4.69, 9.17) is 9.47 Å². The van der Waals surface area contributed by atoms with Gasteiger partial charge in [-0.1, -0.05) is 6.92 Å². The van der Waals surface area contributed by atoms with Gasteiger partial charge in [-0.25, -0.2) is 0 Å². The van der Waals surface area contributed by atoms with Crippen LogP contribution in [0.2, 0.25) is 0 Å². The van der Waals surface area contributed by atoms with Gasteiger partial charge in [0.2, 0.25) is 0 Å². The molecule has 1 N–H and O–H groups in total. The summed E-state index contributed by atoms with van der Waals surface area (Å²) in [7, 11) is 0. The molecule has 1 atom stereocenters. The quantitative estimate of drug-likeness (QED) is 0.569. The minimum atomic E-state index is 0.308. The van der Waals surface area contributed by atoms with Crippen LogP contribution in [-0.4, -0.2) is 38.5 Å². The fraction of sp³-hybridized carbons (Fsp3) is 1.00. The molecule has 0 aliphatic carbocycles. The topological polar surface area (TPSA) is 30.5 Å². The highest BCUT2D eigenvalue weighted by Crippen LogP contribution is 1.98. The average molecular weight is 217 g/mol. The average Bonchev–Trinajstić information content (AvgIpc) is 2.21. The Labute approximate surface area is 94.5 Å². The molecule has 0 saturated heterocycles. The van der Waals surface area contributed by atoms with E-state index in [1.165, 1.54) is 0 Å². The summed E-state index contributed by atoms with van der Waals surface area (Å²) in [5, 5.41) is 3.48. The van der Waals surface area contributed by atoms with Crippen molar-refractivity contribution in [2.75, 3.05) is 26.4 Å². The van der Waals surface area contributed by atoms with Crippen LogP contribution in [0.5, 0.6) is 0 Å². The SMILES string of the molecule is CCCNC(CCOCC)COC(C)C. The van der Waals surface area contributed by atoms with E-state index in [9.17, 15) is 0 Å². The van der Waals surface area contributed by atoms with E-state index in [0.29, 0.717) is 12.1 Å². The summed E-state index contributed by atoms with van der Waals surface area (Å²) in [5.74, 6) is 0. The summed E-state index contributed by atoms with van der Waals surface area (Å²) in [4.78, 5) is 0. The highest BCUT2D eigenvalue weighted by Gasteiger charge is 2.08. The number of ether oxygens (including phenoxy) is 2. The van der Waals surface area contributed by atoms with Crippen molar-refractivity contribution in [2.24, 2.45) is 0 Å². The number of nitrogens with one attached hydrogen (secondary N) is 1. The van der Waals surface area contributed by atoms with E-state index in [1.54, 1.807) is 0 Å². The molecule has 0 radical (unpaired) electrons. The summed E-state index contributed by atoms with van der Waals surface area (Å²) in [6.45, 7) is 11.8. The molecule has 0 aromatic carbocycles. The Bertz CT molecular complexity index is 129. The van der Waals surface area contributed by atoms with Crippen LogP contribution in [0.3, 0.4) is 0 Å². The Balaban J connectivity index is 3.63. The lowest BCUT2D eigenvalue weighted by Gasteiger charge is -2.19. The van der Waals surface area contributed by atoms with Gasteiger partial charge in [0.05, 0.1) is 12.7 Å². The standard InChI is InChI=1S/C12H27NO2/c1-5-8-13-12(7-9-14-6-2)10-15-11(3)4/h11-13H,5-10H2,1-4H3. The summed E-state index contributed by atoms with van der Waals surface area (Å²) in [6.07, 6.45) is 2.50. The van der Waals surface area contributed by atoms with Crippen molar-refractivity contribution in [2.45, 2.75) is 52.7 Å². The Morgan fingerprint density at radius 1 is 1.20 bits per heavy atom. The highest BCUT2D eigenvalue weighted by molar-refractivity contribution is 4.66. The molecule has 0 aromatic rings. The minimum absolute atomic E-state index is 0.308. The van der Waals surface area contributed by atoms with Gasteiger partial charge in [-0.3, -0.25) is 0 Å². The van der Waals surface area contributed by atoms with Crippen LogP contribution >= 0.6 is 0 Å². The Morgan fingerprint density at radius 2 is 1.93 bits per heavy atom. The van der Waals surface area contributed by atoms with Crippen LogP contribution in [-0.2, 0) is 9.47 Å². The molecule has 0 saturated carbocycles. The highest BCUT2D eigenvalue weighted by atomic mass is 16.5. The molecule has 15 heavy (non-hydrogen) atoms. The molecule has 3 nitrogen and oxygen atoms in total. The third-order valence-electron chi connectivity index (χ3n) is 2.13. The fourth-order valence-electron chi connectivity index (χ4n) is 1.27. The van der Waals surface area contributed by atoms with E-state index in [1.807, 2.05) is 6.92 Å². The first-order valence-electron chi connectivity index (χ1n) is 6.13. The summed E-state index contributed by atoms with van der Waals surface area (Å²) >= 11 is 0. The van der Waals surface area contributed by atoms with Crippen molar-refractivity contribution >= 4 is 0 Å². The summed E-state index contributed by atoms with van der Waals surface area (Å²) in [5.41, 5.74) is 0.